The molecule has 0 fully saturated rings. The third kappa shape index (κ3) is 5.00. The van der Waals surface area contributed by atoms with Crippen LogP contribution in [-0.4, -0.2) is 41.8 Å². The van der Waals surface area contributed by atoms with Crippen molar-refractivity contribution in [3.8, 4) is 0 Å². The highest BCUT2D eigenvalue weighted by atomic mass is 19.4. The molecule has 2 rings (SSSR count). The third-order valence-corrected chi connectivity index (χ3v) is 3.91. The Bertz CT molecular complexity index is 835. The van der Waals surface area contributed by atoms with Gasteiger partial charge >= 0.3 is 18.0 Å². The number of hydrogen-bond acceptors (Lipinski definition) is 6. The molecule has 1 heterocycles. The molecule has 8 nitrogen and oxygen atoms in total. The molecule has 0 aromatic heterocycles. The molecule has 29 heavy (non-hydrogen) atoms. The van der Waals surface area contributed by atoms with Crippen LogP contribution in [0, 0.1) is 15.9 Å². The van der Waals surface area contributed by atoms with Gasteiger partial charge in [-0.15, -0.1) is 0 Å². The number of nitrogens with zero attached hydrogens (tertiary/aromatic N) is 2. The number of amides is 1. The summed E-state index contributed by atoms with van der Waals surface area (Å²) in [6.07, 6.45) is -7.05. The topological polar surface area (TPSA) is 103 Å². The Kier molecular flexibility index (Phi) is 6.16. The molecule has 1 N–H and O–H groups in total. The fourth-order valence-electron chi connectivity index (χ4n) is 2.73. The first-order valence-corrected chi connectivity index (χ1v) is 8.43. The number of nitrogens with one attached hydrogen (secondary N) is 1. The van der Waals surface area contributed by atoms with Crippen LogP contribution in [0.1, 0.15) is 32.8 Å². The summed E-state index contributed by atoms with van der Waals surface area (Å²) >= 11 is 0. The van der Waals surface area contributed by atoms with Crippen LogP contribution in [-0.2, 0) is 15.0 Å². The Balaban J connectivity index is 2.59. The first-order valence-electron chi connectivity index (χ1n) is 8.43. The summed E-state index contributed by atoms with van der Waals surface area (Å²) in [5, 5.41) is 13.0. The molecule has 0 aliphatic carbocycles. The molecule has 0 bridgehead atoms. The summed E-state index contributed by atoms with van der Waals surface area (Å²) < 4.78 is 67.1. The SMILES string of the molecule is CC(C)(C)OC(=O)NC1=NC(c2cccc([N+](=O)[O-])c2F)(C(F)(F)F)CCOC1. The standard InChI is InChI=1S/C17H19F4N3O5/c1-15(2,3)29-14(25)22-12-9-28-8-7-16(23-12,17(19,20)21)10-5-4-6-11(13(10)18)24(26)27/h4-6H,7-9H2,1-3H3,(H,22,23,25). The molecule has 160 valence electrons. The van der Waals surface area contributed by atoms with Gasteiger partial charge in [0.1, 0.15) is 18.0 Å². The lowest BCUT2D eigenvalue weighted by molar-refractivity contribution is -0.387. The van der Waals surface area contributed by atoms with E-state index >= 15 is 0 Å². The number of nitro groups is 1. The fraction of sp³-hybridized carbons (Fsp3) is 0.529. The summed E-state index contributed by atoms with van der Waals surface area (Å²) in [5.41, 5.74) is -6.27. The predicted molar refractivity (Wildman–Crippen MR) is 93.0 cm³/mol. The zero-order valence-corrected chi connectivity index (χ0v) is 15.8. The highest BCUT2D eigenvalue weighted by molar-refractivity contribution is 5.96. The van der Waals surface area contributed by atoms with Crippen molar-refractivity contribution in [2.24, 2.45) is 4.99 Å². The summed E-state index contributed by atoms with van der Waals surface area (Å²) in [5.74, 6) is -2.20. The molecule has 1 aliphatic heterocycles. The maximum absolute atomic E-state index is 14.7. The van der Waals surface area contributed by atoms with Crippen LogP contribution in [0.5, 0.6) is 0 Å². The monoisotopic (exact) mass is 421 g/mol. The highest BCUT2D eigenvalue weighted by Gasteiger charge is 2.58. The second-order valence-corrected chi connectivity index (χ2v) is 7.24. The molecule has 0 spiro atoms. The second-order valence-electron chi connectivity index (χ2n) is 7.24. The summed E-state index contributed by atoms with van der Waals surface area (Å²) in [7, 11) is 0. The maximum Gasteiger partial charge on any atom is 0.418 e. The van der Waals surface area contributed by atoms with E-state index < -0.39 is 70.9 Å². The van der Waals surface area contributed by atoms with Crippen LogP contribution in [0.2, 0.25) is 0 Å². The molecule has 1 aliphatic rings. The lowest BCUT2D eigenvalue weighted by Gasteiger charge is -2.32. The van der Waals surface area contributed by atoms with Crippen LogP contribution in [0.25, 0.3) is 0 Å². The normalized spacial score (nSPS) is 20.4. The van der Waals surface area contributed by atoms with Gasteiger partial charge in [0.05, 0.1) is 11.5 Å². The van der Waals surface area contributed by atoms with Gasteiger partial charge in [-0.1, -0.05) is 12.1 Å². The Morgan fingerprint density at radius 2 is 2.00 bits per heavy atom. The number of halogens is 4. The van der Waals surface area contributed by atoms with Gasteiger partial charge < -0.3 is 9.47 Å². The van der Waals surface area contributed by atoms with E-state index in [1.54, 1.807) is 20.8 Å². The number of alkyl halides is 3. The molecule has 0 radical (unpaired) electrons. The summed E-state index contributed by atoms with van der Waals surface area (Å²) in [6.45, 7) is 3.68. The zero-order valence-electron chi connectivity index (χ0n) is 15.8. The first kappa shape index (κ1) is 22.5. The minimum Gasteiger partial charge on any atom is -0.444 e. The number of nitro benzene ring substituents is 1. The largest absolute Gasteiger partial charge is 0.444 e. The lowest BCUT2D eigenvalue weighted by Crippen LogP contribution is -2.45. The Hall–Kier alpha value is -2.76. The molecule has 1 unspecified atom stereocenters. The van der Waals surface area contributed by atoms with Gasteiger partial charge in [-0.25, -0.2) is 9.79 Å². The summed E-state index contributed by atoms with van der Waals surface area (Å²) in [4.78, 5) is 25.4. The molecular formula is C17H19F4N3O5. The van der Waals surface area contributed by atoms with Crippen LogP contribution in [0.15, 0.2) is 23.2 Å². The number of ether oxygens (including phenoxy) is 2. The number of carbonyl (C=O) groups excluding carboxylic acids is 1. The Labute approximate surface area is 163 Å². The molecule has 1 aromatic carbocycles. The van der Waals surface area contributed by atoms with Crippen molar-refractivity contribution < 1.29 is 36.8 Å². The number of amidine groups is 1. The van der Waals surface area contributed by atoms with Gasteiger partial charge in [0.25, 0.3) is 0 Å². The van der Waals surface area contributed by atoms with Crippen molar-refractivity contribution in [3.05, 3.63) is 39.7 Å². The quantitative estimate of drug-likeness (QED) is 0.444. The number of aliphatic imine (C=N–C) groups is 1. The molecule has 12 heteroatoms. The van der Waals surface area contributed by atoms with Crippen molar-refractivity contribution in [1.29, 1.82) is 0 Å². The molecule has 0 saturated heterocycles. The average molecular weight is 421 g/mol. The van der Waals surface area contributed by atoms with Gasteiger partial charge in [-0.05, 0) is 20.8 Å². The van der Waals surface area contributed by atoms with Crippen LogP contribution in [0.4, 0.5) is 28.0 Å². The van der Waals surface area contributed by atoms with E-state index in [4.69, 9.17) is 9.47 Å². The molecular weight excluding hydrogens is 402 g/mol. The van der Waals surface area contributed by atoms with Crippen molar-refractivity contribution in [3.63, 3.8) is 0 Å². The van der Waals surface area contributed by atoms with Gasteiger partial charge in [0.15, 0.2) is 5.54 Å². The molecule has 0 saturated carbocycles. The van der Waals surface area contributed by atoms with Crippen molar-refractivity contribution in [2.75, 3.05) is 13.2 Å². The van der Waals surface area contributed by atoms with E-state index in [2.05, 4.69) is 10.3 Å². The third-order valence-electron chi connectivity index (χ3n) is 3.91. The van der Waals surface area contributed by atoms with Crippen molar-refractivity contribution in [1.82, 2.24) is 5.32 Å². The molecule has 1 atom stereocenters. The van der Waals surface area contributed by atoms with Gasteiger partial charge in [-0.2, -0.15) is 17.6 Å². The molecule has 1 amide bonds. The predicted octanol–water partition coefficient (Wildman–Crippen LogP) is 3.84. The average Bonchev–Trinajstić information content (AvgIpc) is 2.75. The second kappa shape index (κ2) is 7.93. The number of benzene rings is 1. The number of carbonyl (C=O) groups is 1. The minimum absolute atomic E-state index is 0.482. The maximum atomic E-state index is 14.7. The van der Waals surface area contributed by atoms with E-state index in [0.717, 1.165) is 18.2 Å². The van der Waals surface area contributed by atoms with E-state index in [1.807, 2.05) is 0 Å². The van der Waals surface area contributed by atoms with Gasteiger partial charge in [-0.3, -0.25) is 15.4 Å². The first-order chi connectivity index (χ1) is 13.3. The number of rotatable bonds is 2. The zero-order chi connectivity index (χ0) is 22.0. The van der Waals surface area contributed by atoms with Crippen LogP contribution < -0.4 is 5.32 Å². The van der Waals surface area contributed by atoms with Crippen molar-refractivity contribution in [2.45, 2.75) is 44.5 Å². The van der Waals surface area contributed by atoms with E-state index in [1.165, 1.54) is 0 Å². The van der Waals surface area contributed by atoms with Gasteiger partial charge in [0.2, 0.25) is 5.82 Å². The smallest absolute Gasteiger partial charge is 0.418 e. The van der Waals surface area contributed by atoms with Crippen LogP contribution in [0.3, 0.4) is 0 Å². The van der Waals surface area contributed by atoms with E-state index in [9.17, 15) is 32.5 Å². The minimum atomic E-state index is -5.14. The molecule has 1 aromatic rings. The van der Waals surface area contributed by atoms with Gasteiger partial charge in [0, 0.05) is 18.1 Å². The lowest BCUT2D eigenvalue weighted by atomic mass is 9.85. The number of hydrogen-bond donors (Lipinski definition) is 1. The van der Waals surface area contributed by atoms with E-state index in [-0.39, 0.29) is 0 Å². The van der Waals surface area contributed by atoms with E-state index in [0.29, 0.717) is 0 Å². The number of alkyl carbamates (subject to hydrolysis) is 1. The van der Waals surface area contributed by atoms with Crippen molar-refractivity contribution >= 4 is 17.6 Å². The van der Waals surface area contributed by atoms with Crippen LogP contribution >= 0.6 is 0 Å². The Morgan fingerprint density at radius 1 is 1.34 bits per heavy atom. The fourth-order valence-corrected chi connectivity index (χ4v) is 2.73. The highest BCUT2D eigenvalue weighted by Crippen LogP contribution is 2.47. The Morgan fingerprint density at radius 3 is 2.55 bits per heavy atom. The summed E-state index contributed by atoms with van der Waals surface area (Å²) in [6, 6.07) is 2.46.